The molecule has 0 aliphatic rings. The summed E-state index contributed by atoms with van der Waals surface area (Å²) in [6, 6.07) is 12.1. The number of fused-ring (bicyclic) bond motifs is 2. The Hall–Kier alpha value is -1.48. The number of rotatable bonds is 7. The summed E-state index contributed by atoms with van der Waals surface area (Å²) in [4.78, 5) is 9.37. The van der Waals surface area contributed by atoms with Crippen LogP contribution in [0, 0.1) is 0 Å². The molecule has 2 heterocycles. The number of nitrogens with zero attached hydrogens (tertiary/aromatic N) is 2. The third-order valence-corrected chi connectivity index (χ3v) is 8.49. The Balaban J connectivity index is 1.49. The lowest BCUT2D eigenvalue weighted by Crippen LogP contribution is -1.89. The molecule has 26 heavy (non-hydrogen) atoms. The van der Waals surface area contributed by atoms with E-state index in [0.29, 0.717) is 13.2 Å². The van der Waals surface area contributed by atoms with Gasteiger partial charge in [-0.15, -0.1) is 22.7 Å². The molecule has 0 amide bonds. The van der Waals surface area contributed by atoms with Crippen LogP contribution in [0.2, 0.25) is 0 Å². The molecule has 0 aliphatic carbocycles. The van der Waals surface area contributed by atoms with Crippen molar-refractivity contribution >= 4 is 64.7 Å². The first-order valence-corrected chi connectivity index (χ1v) is 11.9. The van der Waals surface area contributed by atoms with Crippen molar-refractivity contribution in [3.63, 3.8) is 0 Å². The fourth-order valence-electron chi connectivity index (χ4n) is 2.42. The summed E-state index contributed by atoms with van der Waals surface area (Å²) in [6.07, 6.45) is 0. The van der Waals surface area contributed by atoms with Gasteiger partial charge >= 0.3 is 0 Å². The summed E-state index contributed by atoms with van der Waals surface area (Å²) in [7, 11) is 3.30. The van der Waals surface area contributed by atoms with E-state index in [9.17, 15) is 0 Å². The van der Waals surface area contributed by atoms with Gasteiger partial charge < -0.3 is 9.47 Å². The molecule has 0 spiro atoms. The third-order valence-electron chi connectivity index (χ3n) is 3.49. The van der Waals surface area contributed by atoms with Crippen LogP contribution in [0.3, 0.4) is 0 Å². The largest absolute Gasteiger partial charge is 0.494 e. The molecule has 0 radical (unpaired) electrons. The minimum Gasteiger partial charge on any atom is -0.494 e. The van der Waals surface area contributed by atoms with E-state index in [4.69, 9.17) is 9.47 Å². The van der Waals surface area contributed by atoms with Crippen molar-refractivity contribution in [1.29, 1.82) is 0 Å². The first-order valence-electron chi connectivity index (χ1n) is 8.16. The summed E-state index contributed by atoms with van der Waals surface area (Å²) in [5, 5.41) is 0. The molecular weight excluding hydrogens is 404 g/mol. The molecule has 0 aliphatic heterocycles. The Morgan fingerprint density at radius 3 is 1.65 bits per heavy atom. The van der Waals surface area contributed by atoms with Crippen LogP contribution in [0.1, 0.15) is 13.8 Å². The number of hydrogen-bond acceptors (Lipinski definition) is 8. The normalized spacial score (nSPS) is 11.3. The van der Waals surface area contributed by atoms with Gasteiger partial charge in [0.1, 0.15) is 11.5 Å². The van der Waals surface area contributed by atoms with Crippen molar-refractivity contribution in [2.24, 2.45) is 0 Å². The highest BCUT2D eigenvalue weighted by Crippen LogP contribution is 2.44. The number of benzene rings is 2. The predicted molar refractivity (Wildman–Crippen MR) is 113 cm³/mol. The fourth-order valence-corrected chi connectivity index (χ4v) is 6.97. The van der Waals surface area contributed by atoms with Crippen LogP contribution in [0.15, 0.2) is 45.1 Å². The van der Waals surface area contributed by atoms with Crippen molar-refractivity contribution < 1.29 is 9.47 Å². The Morgan fingerprint density at radius 1 is 0.769 bits per heavy atom. The molecule has 0 bridgehead atoms. The number of aromatic nitrogens is 2. The Kier molecular flexibility index (Phi) is 5.54. The van der Waals surface area contributed by atoms with Crippen molar-refractivity contribution in [3.05, 3.63) is 36.4 Å². The first kappa shape index (κ1) is 17.9. The Morgan fingerprint density at radius 2 is 1.23 bits per heavy atom. The molecular formula is C18H16N2O2S4. The standard InChI is InChI=1S/C18H16N2O2S4/c1-3-21-11-5-7-13-15(9-11)23-17(19-13)25-26-18-20-14-8-6-12(22-4-2)10-16(14)24-18/h5-10H,3-4H2,1-2H3. The highest BCUT2D eigenvalue weighted by Gasteiger charge is 2.10. The molecule has 0 fully saturated rings. The second-order valence-corrected chi connectivity index (χ2v) is 9.94. The van der Waals surface area contributed by atoms with Gasteiger partial charge in [-0.3, -0.25) is 0 Å². The maximum atomic E-state index is 5.56. The second-order valence-electron chi connectivity index (χ2n) is 5.25. The summed E-state index contributed by atoms with van der Waals surface area (Å²) < 4.78 is 15.5. The first-order chi connectivity index (χ1) is 12.7. The van der Waals surface area contributed by atoms with E-state index in [1.165, 1.54) is 0 Å². The van der Waals surface area contributed by atoms with Crippen molar-refractivity contribution in [3.8, 4) is 11.5 Å². The molecule has 4 nitrogen and oxygen atoms in total. The average Bonchev–Trinajstić information content (AvgIpc) is 3.22. The zero-order valence-electron chi connectivity index (χ0n) is 14.2. The summed E-state index contributed by atoms with van der Waals surface area (Å²) >= 11 is 3.36. The Labute approximate surface area is 167 Å². The van der Waals surface area contributed by atoms with Gasteiger partial charge in [0.25, 0.3) is 0 Å². The van der Waals surface area contributed by atoms with Crippen LogP contribution in [-0.2, 0) is 0 Å². The summed E-state index contributed by atoms with van der Waals surface area (Å²) in [5.74, 6) is 1.79. The quantitative estimate of drug-likeness (QED) is 0.318. The minimum atomic E-state index is 0.671. The molecule has 8 heteroatoms. The van der Waals surface area contributed by atoms with E-state index in [1.807, 2.05) is 38.1 Å². The van der Waals surface area contributed by atoms with Crippen LogP contribution in [-0.4, -0.2) is 23.2 Å². The van der Waals surface area contributed by atoms with Gasteiger partial charge in [0.2, 0.25) is 0 Å². The summed E-state index contributed by atoms with van der Waals surface area (Å²) in [6.45, 7) is 5.32. The lowest BCUT2D eigenvalue weighted by molar-refractivity contribution is 0.340. The van der Waals surface area contributed by atoms with Crippen molar-refractivity contribution in [1.82, 2.24) is 9.97 Å². The van der Waals surface area contributed by atoms with Gasteiger partial charge in [-0.25, -0.2) is 9.97 Å². The highest BCUT2D eigenvalue weighted by atomic mass is 33.1. The third kappa shape index (κ3) is 3.93. The highest BCUT2D eigenvalue weighted by molar-refractivity contribution is 8.77. The van der Waals surface area contributed by atoms with Gasteiger partial charge in [0.15, 0.2) is 8.68 Å². The minimum absolute atomic E-state index is 0.671. The van der Waals surface area contributed by atoms with Gasteiger partial charge in [-0.05, 0) is 71.8 Å². The van der Waals surface area contributed by atoms with Crippen LogP contribution in [0.5, 0.6) is 11.5 Å². The number of hydrogen-bond donors (Lipinski definition) is 0. The van der Waals surface area contributed by atoms with Crippen LogP contribution < -0.4 is 9.47 Å². The van der Waals surface area contributed by atoms with E-state index < -0.39 is 0 Å². The number of thiazole rings is 2. The molecule has 0 saturated heterocycles. The molecule has 4 aromatic rings. The molecule has 2 aromatic heterocycles. The molecule has 0 saturated carbocycles. The lowest BCUT2D eigenvalue weighted by atomic mass is 10.3. The average molecular weight is 421 g/mol. The molecule has 0 unspecified atom stereocenters. The smallest absolute Gasteiger partial charge is 0.162 e. The molecule has 2 aromatic carbocycles. The zero-order valence-corrected chi connectivity index (χ0v) is 17.5. The Bertz CT molecular complexity index is 960. The maximum Gasteiger partial charge on any atom is 0.162 e. The fraction of sp³-hybridized carbons (Fsp3) is 0.222. The molecule has 134 valence electrons. The van der Waals surface area contributed by atoms with Crippen molar-refractivity contribution in [2.45, 2.75) is 22.5 Å². The van der Waals surface area contributed by atoms with Crippen molar-refractivity contribution in [2.75, 3.05) is 13.2 Å². The summed E-state index contributed by atoms with van der Waals surface area (Å²) in [5.41, 5.74) is 2.01. The lowest BCUT2D eigenvalue weighted by Gasteiger charge is -2.00. The predicted octanol–water partition coefficient (Wildman–Crippen LogP) is 6.50. The molecule has 0 atom stereocenters. The van der Waals surface area contributed by atoms with E-state index in [2.05, 4.69) is 22.1 Å². The van der Waals surface area contributed by atoms with Gasteiger partial charge in [-0.1, -0.05) is 0 Å². The molecule has 0 N–H and O–H groups in total. The topological polar surface area (TPSA) is 44.2 Å². The maximum absolute atomic E-state index is 5.56. The SMILES string of the molecule is CCOc1ccc2nc(SSc3nc4ccc(OCC)cc4s3)sc2c1. The molecule has 4 rings (SSSR count). The van der Waals surface area contributed by atoms with E-state index in [0.717, 1.165) is 40.6 Å². The number of ether oxygens (including phenoxy) is 2. The van der Waals surface area contributed by atoms with Crippen LogP contribution >= 0.6 is 44.3 Å². The van der Waals surface area contributed by atoms with Gasteiger partial charge in [0, 0.05) is 0 Å². The van der Waals surface area contributed by atoms with E-state index in [1.54, 1.807) is 44.3 Å². The van der Waals surface area contributed by atoms with Gasteiger partial charge in [0.05, 0.1) is 33.6 Å². The van der Waals surface area contributed by atoms with E-state index >= 15 is 0 Å². The monoisotopic (exact) mass is 420 g/mol. The van der Waals surface area contributed by atoms with Crippen LogP contribution in [0.4, 0.5) is 0 Å². The van der Waals surface area contributed by atoms with Gasteiger partial charge in [-0.2, -0.15) is 0 Å². The van der Waals surface area contributed by atoms with Crippen LogP contribution in [0.25, 0.3) is 20.4 Å². The second kappa shape index (κ2) is 8.04. The zero-order chi connectivity index (χ0) is 17.9. The van der Waals surface area contributed by atoms with E-state index in [-0.39, 0.29) is 0 Å².